The van der Waals surface area contributed by atoms with Crippen LogP contribution in [0.4, 0.5) is 0 Å². The van der Waals surface area contributed by atoms with Gasteiger partial charge >= 0.3 is 16.1 Å². The van der Waals surface area contributed by atoms with E-state index in [1.54, 1.807) is 36.4 Å². The molecule has 1 atom stereocenters. The highest BCUT2D eigenvalue weighted by Gasteiger charge is 2.18. The van der Waals surface area contributed by atoms with Crippen LogP contribution in [-0.2, 0) is 32.6 Å². The average molecular weight is 454 g/mol. The van der Waals surface area contributed by atoms with Gasteiger partial charge in [-0.25, -0.2) is 0 Å². The molecule has 0 amide bonds. The molecule has 0 fully saturated rings. The number of benzene rings is 3. The number of rotatable bonds is 10. The minimum atomic E-state index is -3.90. The highest BCUT2D eigenvalue weighted by atomic mass is 32.2. The van der Waals surface area contributed by atoms with Gasteiger partial charge in [-0.1, -0.05) is 60.2 Å². The maximum Gasteiger partial charge on any atom is 0.339 e. The van der Waals surface area contributed by atoms with Crippen LogP contribution in [0.3, 0.4) is 0 Å². The fourth-order valence-corrected chi connectivity index (χ4v) is 4.13. The van der Waals surface area contributed by atoms with Crippen molar-refractivity contribution in [2.45, 2.75) is 37.2 Å². The standard InChI is InChI=1S/C25H27NO5S/c1-19-8-14-24(15-9-19)32(28,29)31-23-12-10-20(11-13-23)16-22(17-25(27)30-2)26-18-21-6-4-3-5-7-21/h3-15,22,26H,16-18H2,1-2H3. The smallest absolute Gasteiger partial charge is 0.339 e. The second-order valence-corrected chi connectivity index (χ2v) is 9.09. The quantitative estimate of drug-likeness (QED) is 0.369. The van der Waals surface area contributed by atoms with E-state index in [4.69, 9.17) is 8.92 Å². The zero-order chi connectivity index (χ0) is 23.0. The lowest BCUT2D eigenvalue weighted by Crippen LogP contribution is -2.33. The Morgan fingerprint density at radius 3 is 2.19 bits per heavy atom. The largest absolute Gasteiger partial charge is 0.469 e. The number of hydrogen-bond acceptors (Lipinski definition) is 6. The van der Waals surface area contributed by atoms with Gasteiger partial charge in [0.15, 0.2) is 0 Å². The van der Waals surface area contributed by atoms with Crippen molar-refractivity contribution < 1.29 is 22.1 Å². The molecule has 7 heteroatoms. The molecule has 0 saturated heterocycles. The van der Waals surface area contributed by atoms with E-state index in [1.165, 1.54) is 19.2 Å². The Morgan fingerprint density at radius 1 is 0.906 bits per heavy atom. The first kappa shape index (κ1) is 23.5. The third kappa shape index (κ3) is 6.93. The summed E-state index contributed by atoms with van der Waals surface area (Å²) in [7, 11) is -2.53. The van der Waals surface area contributed by atoms with Crippen LogP contribution in [0.1, 0.15) is 23.1 Å². The van der Waals surface area contributed by atoms with Crippen molar-refractivity contribution >= 4 is 16.1 Å². The van der Waals surface area contributed by atoms with Crippen molar-refractivity contribution in [1.82, 2.24) is 5.32 Å². The second-order valence-electron chi connectivity index (χ2n) is 7.54. The molecule has 0 bridgehead atoms. The number of aryl methyl sites for hydroxylation is 1. The molecule has 0 radical (unpaired) electrons. The van der Waals surface area contributed by atoms with Gasteiger partial charge in [-0.2, -0.15) is 8.42 Å². The predicted molar refractivity (Wildman–Crippen MR) is 123 cm³/mol. The number of carbonyl (C=O) groups is 1. The first-order valence-electron chi connectivity index (χ1n) is 10.3. The van der Waals surface area contributed by atoms with Gasteiger partial charge in [0, 0.05) is 12.6 Å². The fourth-order valence-electron chi connectivity index (χ4n) is 3.20. The molecule has 6 nitrogen and oxygen atoms in total. The third-order valence-corrected chi connectivity index (χ3v) is 6.26. The average Bonchev–Trinajstić information content (AvgIpc) is 2.79. The van der Waals surface area contributed by atoms with Gasteiger partial charge in [0.25, 0.3) is 0 Å². The Balaban J connectivity index is 1.65. The van der Waals surface area contributed by atoms with Crippen LogP contribution in [0.5, 0.6) is 5.75 Å². The van der Waals surface area contributed by atoms with Crippen molar-refractivity contribution in [1.29, 1.82) is 0 Å². The summed E-state index contributed by atoms with van der Waals surface area (Å²) in [6.07, 6.45) is 0.802. The van der Waals surface area contributed by atoms with Gasteiger partial charge in [-0.05, 0) is 48.7 Å². The lowest BCUT2D eigenvalue weighted by atomic mass is 10.0. The van der Waals surface area contributed by atoms with Crippen molar-refractivity contribution in [3.05, 3.63) is 95.6 Å². The van der Waals surface area contributed by atoms with Crippen molar-refractivity contribution in [2.75, 3.05) is 7.11 Å². The number of nitrogens with one attached hydrogen (secondary N) is 1. The minimum Gasteiger partial charge on any atom is -0.469 e. The van der Waals surface area contributed by atoms with E-state index in [2.05, 4.69) is 5.32 Å². The number of esters is 1. The van der Waals surface area contributed by atoms with Crippen LogP contribution >= 0.6 is 0 Å². The molecule has 0 saturated carbocycles. The zero-order valence-electron chi connectivity index (χ0n) is 18.2. The zero-order valence-corrected chi connectivity index (χ0v) is 19.0. The number of carbonyl (C=O) groups excluding carboxylic acids is 1. The Hall–Kier alpha value is -3.16. The van der Waals surface area contributed by atoms with E-state index in [1.807, 2.05) is 37.3 Å². The Labute approximate surface area is 189 Å². The van der Waals surface area contributed by atoms with E-state index >= 15 is 0 Å². The first-order valence-corrected chi connectivity index (χ1v) is 11.7. The van der Waals surface area contributed by atoms with Gasteiger partial charge in [-0.3, -0.25) is 4.79 Å². The Kier molecular flexibility index (Phi) is 8.03. The number of methoxy groups -OCH3 is 1. The Morgan fingerprint density at radius 2 is 1.56 bits per heavy atom. The van der Waals surface area contributed by atoms with E-state index in [9.17, 15) is 13.2 Å². The molecule has 0 aliphatic rings. The molecular weight excluding hydrogens is 426 g/mol. The van der Waals surface area contributed by atoms with E-state index < -0.39 is 10.1 Å². The molecule has 3 aromatic carbocycles. The predicted octanol–water partition coefficient (Wildman–Crippen LogP) is 4.03. The molecule has 0 aromatic heterocycles. The molecule has 32 heavy (non-hydrogen) atoms. The van der Waals surface area contributed by atoms with Crippen molar-refractivity contribution in [2.24, 2.45) is 0 Å². The van der Waals surface area contributed by atoms with Crippen LogP contribution in [0.2, 0.25) is 0 Å². The van der Waals surface area contributed by atoms with Crippen LogP contribution < -0.4 is 9.50 Å². The minimum absolute atomic E-state index is 0.107. The third-order valence-electron chi connectivity index (χ3n) is 5.00. The number of hydrogen-bond donors (Lipinski definition) is 1. The molecule has 168 valence electrons. The number of ether oxygens (including phenoxy) is 1. The van der Waals surface area contributed by atoms with Gasteiger partial charge in [0.1, 0.15) is 10.6 Å². The molecule has 1 unspecified atom stereocenters. The molecule has 1 N–H and O–H groups in total. The fraction of sp³-hybridized carbons (Fsp3) is 0.240. The molecule has 0 spiro atoms. The summed E-state index contributed by atoms with van der Waals surface area (Å²) in [5, 5.41) is 3.40. The monoisotopic (exact) mass is 453 g/mol. The normalized spacial score (nSPS) is 12.2. The van der Waals surface area contributed by atoms with E-state index in [-0.39, 0.29) is 29.1 Å². The van der Waals surface area contributed by atoms with E-state index in [0.29, 0.717) is 13.0 Å². The molecule has 0 aliphatic carbocycles. The lowest BCUT2D eigenvalue weighted by molar-refractivity contribution is -0.141. The van der Waals surface area contributed by atoms with Crippen LogP contribution in [0, 0.1) is 6.92 Å². The molecule has 3 rings (SSSR count). The highest BCUT2D eigenvalue weighted by Crippen LogP contribution is 2.20. The summed E-state index contributed by atoms with van der Waals surface area (Å²) in [6, 6.07) is 23.1. The highest BCUT2D eigenvalue weighted by molar-refractivity contribution is 7.87. The van der Waals surface area contributed by atoms with Crippen molar-refractivity contribution in [3.8, 4) is 5.75 Å². The van der Waals surface area contributed by atoms with Crippen LogP contribution in [-0.4, -0.2) is 27.5 Å². The first-order chi connectivity index (χ1) is 15.4. The summed E-state index contributed by atoms with van der Waals surface area (Å²) in [6.45, 7) is 2.51. The molecule has 0 aliphatic heterocycles. The molecular formula is C25H27NO5S. The van der Waals surface area contributed by atoms with Gasteiger partial charge in [-0.15, -0.1) is 0 Å². The summed E-state index contributed by atoms with van der Waals surface area (Å²) < 4.78 is 35.0. The summed E-state index contributed by atoms with van der Waals surface area (Å²) in [4.78, 5) is 11.9. The van der Waals surface area contributed by atoms with Crippen LogP contribution in [0.25, 0.3) is 0 Å². The topological polar surface area (TPSA) is 81.7 Å². The second kappa shape index (κ2) is 10.9. The lowest BCUT2D eigenvalue weighted by Gasteiger charge is -2.18. The summed E-state index contributed by atoms with van der Waals surface area (Å²) in [5.41, 5.74) is 3.03. The molecule has 3 aromatic rings. The maximum atomic E-state index is 12.5. The molecule has 0 heterocycles. The van der Waals surface area contributed by atoms with Crippen molar-refractivity contribution in [3.63, 3.8) is 0 Å². The summed E-state index contributed by atoms with van der Waals surface area (Å²) >= 11 is 0. The van der Waals surface area contributed by atoms with Crippen LogP contribution in [0.15, 0.2) is 83.8 Å². The van der Waals surface area contributed by atoms with Gasteiger partial charge in [0.05, 0.1) is 13.5 Å². The SMILES string of the molecule is COC(=O)CC(Cc1ccc(OS(=O)(=O)c2ccc(C)cc2)cc1)NCc1ccccc1. The van der Waals surface area contributed by atoms with Gasteiger partial charge < -0.3 is 14.2 Å². The van der Waals surface area contributed by atoms with Gasteiger partial charge in [0.2, 0.25) is 0 Å². The maximum absolute atomic E-state index is 12.5. The van der Waals surface area contributed by atoms with E-state index in [0.717, 1.165) is 16.7 Å². The summed E-state index contributed by atoms with van der Waals surface area (Å²) in [5.74, 6) is -0.0594. The Bertz CT molecular complexity index is 1110.